The molecule has 0 aliphatic carbocycles. The molecule has 4 aromatic rings. The molecule has 0 saturated heterocycles. The van der Waals surface area contributed by atoms with E-state index in [1.807, 2.05) is 24.3 Å². The van der Waals surface area contributed by atoms with Crippen molar-refractivity contribution in [1.82, 2.24) is 9.82 Å². The summed E-state index contributed by atoms with van der Waals surface area (Å²) in [6.07, 6.45) is 0. The van der Waals surface area contributed by atoms with Crippen LogP contribution in [0.25, 0.3) is 0 Å². The highest BCUT2D eigenvalue weighted by molar-refractivity contribution is 5.46. The third-order valence-corrected chi connectivity index (χ3v) is 5.63. The van der Waals surface area contributed by atoms with Gasteiger partial charge in [0.05, 0.1) is 0 Å². The lowest BCUT2D eigenvalue weighted by Crippen LogP contribution is -2.18. The number of nitrogens with one attached hydrogen (secondary N) is 2. The van der Waals surface area contributed by atoms with Crippen LogP contribution < -0.4 is 19.3 Å². The second-order valence-corrected chi connectivity index (χ2v) is 8.27. The minimum absolute atomic E-state index is 0.219. The van der Waals surface area contributed by atoms with Gasteiger partial charge in [0.1, 0.15) is 34.1 Å². The van der Waals surface area contributed by atoms with Crippen LogP contribution in [0.4, 0.5) is 11.4 Å². The van der Waals surface area contributed by atoms with Crippen LogP contribution in [0.5, 0.6) is 23.0 Å². The third kappa shape index (κ3) is 5.72. The molecule has 0 heterocycles. The minimum atomic E-state index is -0.219. The summed E-state index contributed by atoms with van der Waals surface area (Å²) in [6.45, 7) is 4.36. The molecular weight excluding hydrogens is 440 g/mol. The topological polar surface area (TPSA) is 119 Å². The third-order valence-electron chi connectivity index (χ3n) is 5.63. The highest BCUT2D eigenvalue weighted by Crippen LogP contribution is 2.35. The summed E-state index contributed by atoms with van der Waals surface area (Å²) in [5.41, 5.74) is 16.9. The van der Waals surface area contributed by atoms with E-state index in [9.17, 15) is 0 Å². The van der Waals surface area contributed by atoms with Crippen LogP contribution >= 0.6 is 0 Å². The predicted molar refractivity (Wildman–Crippen MR) is 132 cm³/mol. The summed E-state index contributed by atoms with van der Waals surface area (Å²) >= 11 is 0. The summed E-state index contributed by atoms with van der Waals surface area (Å²) in [7, 11) is 0. The Kier molecular flexibility index (Phi) is 6.88. The number of hydrogen-bond donors (Lipinski definition) is 2. The number of ether oxygens (including phenoxy) is 2. The van der Waals surface area contributed by atoms with E-state index in [-0.39, 0.29) is 5.41 Å². The first-order valence-electron chi connectivity index (χ1n) is 10.9. The van der Waals surface area contributed by atoms with Crippen LogP contribution in [0.3, 0.4) is 0 Å². The zero-order valence-corrected chi connectivity index (χ0v) is 19.3. The SMILES string of the molecule is CC(C)(c1ccc(Oc2ccc(N=[N+]=N)cc2)cc1)c1ccc(Oc2ccc(N=[N+]=N)cc2)cc1. The van der Waals surface area contributed by atoms with Gasteiger partial charge in [0, 0.05) is 5.41 Å². The monoisotopic (exact) mass is 464 g/mol. The highest BCUT2D eigenvalue weighted by Gasteiger charge is 2.23. The van der Waals surface area contributed by atoms with Crippen molar-refractivity contribution < 1.29 is 9.47 Å². The fraction of sp³-hybridized carbons (Fsp3) is 0.111. The van der Waals surface area contributed by atoms with Gasteiger partial charge in [-0.15, -0.1) is 0 Å². The van der Waals surface area contributed by atoms with Gasteiger partial charge < -0.3 is 9.47 Å². The Hall–Kier alpha value is -4.90. The van der Waals surface area contributed by atoms with Crippen molar-refractivity contribution in [3.05, 3.63) is 108 Å². The molecule has 2 N–H and O–H groups in total. The second-order valence-electron chi connectivity index (χ2n) is 8.27. The fourth-order valence-corrected chi connectivity index (χ4v) is 3.60. The quantitative estimate of drug-likeness (QED) is 0.203. The Morgan fingerprint density at radius 2 is 0.800 bits per heavy atom. The summed E-state index contributed by atoms with van der Waals surface area (Å²) < 4.78 is 11.8. The van der Waals surface area contributed by atoms with Crippen LogP contribution in [-0.2, 0) is 5.41 Å². The normalized spacial score (nSPS) is 10.6. The minimum Gasteiger partial charge on any atom is -0.457 e. The largest absolute Gasteiger partial charge is 0.457 e. The van der Waals surface area contributed by atoms with Crippen molar-refractivity contribution in [2.75, 3.05) is 0 Å². The Morgan fingerprint density at radius 3 is 1.09 bits per heavy atom. The molecule has 172 valence electrons. The molecule has 0 radical (unpaired) electrons. The maximum absolute atomic E-state index is 6.79. The van der Waals surface area contributed by atoms with Crippen molar-refractivity contribution in [3.63, 3.8) is 0 Å². The molecule has 0 aliphatic heterocycles. The van der Waals surface area contributed by atoms with E-state index < -0.39 is 0 Å². The summed E-state index contributed by atoms with van der Waals surface area (Å²) in [5, 5.41) is 7.35. The van der Waals surface area contributed by atoms with Crippen LogP contribution in [0.2, 0.25) is 0 Å². The molecule has 0 bridgehead atoms. The zero-order valence-electron chi connectivity index (χ0n) is 19.3. The lowest BCUT2D eigenvalue weighted by Gasteiger charge is -2.26. The fourth-order valence-electron chi connectivity index (χ4n) is 3.60. The number of rotatable bonds is 8. The average Bonchev–Trinajstić information content (AvgIpc) is 2.87. The van der Waals surface area contributed by atoms with E-state index in [4.69, 9.17) is 20.5 Å². The predicted octanol–water partition coefficient (Wildman–Crippen LogP) is 7.96. The molecule has 0 fully saturated rings. The molecule has 0 spiro atoms. The molecule has 8 heteroatoms. The maximum Gasteiger partial charge on any atom is 0.220 e. The molecule has 0 saturated carbocycles. The van der Waals surface area contributed by atoms with E-state index in [2.05, 4.69) is 58.2 Å². The molecule has 0 aromatic heterocycles. The van der Waals surface area contributed by atoms with Crippen LogP contribution in [-0.4, -0.2) is 0 Å². The Morgan fingerprint density at radius 1 is 0.514 bits per heavy atom. The van der Waals surface area contributed by atoms with Crippen molar-refractivity contribution in [2.45, 2.75) is 19.3 Å². The van der Waals surface area contributed by atoms with E-state index in [0.29, 0.717) is 22.9 Å². The van der Waals surface area contributed by atoms with Gasteiger partial charge in [-0.3, -0.25) is 0 Å². The first kappa shape index (κ1) is 23.3. The second kappa shape index (κ2) is 10.4. The number of nitrogens with zero attached hydrogens (tertiary/aromatic N) is 4. The smallest absolute Gasteiger partial charge is 0.220 e. The zero-order chi connectivity index (χ0) is 24.7. The van der Waals surface area contributed by atoms with E-state index >= 15 is 0 Å². The lowest BCUT2D eigenvalue weighted by molar-refractivity contribution is 0.481. The molecular formula is C27H24N6O2+2. The van der Waals surface area contributed by atoms with Crippen LogP contribution in [0.15, 0.2) is 107 Å². The van der Waals surface area contributed by atoms with Crippen LogP contribution in [0, 0.1) is 11.1 Å². The van der Waals surface area contributed by atoms with Gasteiger partial charge >= 0.3 is 0 Å². The standard InChI is InChI=1S/C27H24N6O2/c1-27(2,19-3-11-23(12-4-19)34-25-15-7-21(8-16-25)30-32-28)20-5-13-24(14-6-20)35-26-17-9-22(10-18-26)31-33-29/h3-18,28-29H,1-2H3/q+2. The van der Waals surface area contributed by atoms with E-state index in [1.165, 1.54) is 0 Å². The Balaban J connectivity index is 1.43. The number of hydrogen-bond acceptors (Lipinski definition) is 6. The van der Waals surface area contributed by atoms with Crippen molar-refractivity contribution in [3.8, 4) is 23.0 Å². The van der Waals surface area contributed by atoms with Crippen LogP contribution in [0.1, 0.15) is 25.0 Å². The summed E-state index contributed by atoms with van der Waals surface area (Å²) in [5.74, 6) is 2.84. The van der Waals surface area contributed by atoms with Crippen molar-refractivity contribution in [1.29, 1.82) is 11.1 Å². The van der Waals surface area contributed by atoms with E-state index in [1.54, 1.807) is 48.5 Å². The van der Waals surface area contributed by atoms with Gasteiger partial charge in [0.2, 0.25) is 9.82 Å². The maximum atomic E-state index is 6.79. The van der Waals surface area contributed by atoms with Crippen molar-refractivity contribution in [2.24, 2.45) is 10.2 Å². The molecule has 35 heavy (non-hydrogen) atoms. The van der Waals surface area contributed by atoms with Gasteiger partial charge in [0.15, 0.2) is 21.6 Å². The van der Waals surface area contributed by atoms with Gasteiger partial charge in [-0.2, -0.15) is 0 Å². The first-order chi connectivity index (χ1) is 17.0. The number of benzene rings is 4. The molecule has 0 aliphatic rings. The molecule has 4 rings (SSSR count). The van der Waals surface area contributed by atoms with Gasteiger partial charge in [-0.25, -0.2) is 0 Å². The highest BCUT2D eigenvalue weighted by atomic mass is 16.5. The van der Waals surface area contributed by atoms with E-state index in [0.717, 1.165) is 22.6 Å². The van der Waals surface area contributed by atoms with Gasteiger partial charge in [-0.05, 0) is 83.9 Å². The molecule has 0 unspecified atom stereocenters. The summed E-state index contributed by atoms with van der Waals surface area (Å²) in [6, 6.07) is 30.3. The molecule has 0 atom stereocenters. The van der Waals surface area contributed by atoms with Gasteiger partial charge in [0.25, 0.3) is 0 Å². The van der Waals surface area contributed by atoms with Gasteiger partial charge in [-0.1, -0.05) is 38.1 Å². The Bertz CT molecular complexity index is 1280. The lowest BCUT2D eigenvalue weighted by atomic mass is 9.78. The molecule has 8 nitrogen and oxygen atoms in total. The first-order valence-corrected chi connectivity index (χ1v) is 10.9. The van der Waals surface area contributed by atoms with Crippen molar-refractivity contribution >= 4 is 11.4 Å². The molecule has 0 amide bonds. The molecule has 4 aromatic carbocycles. The summed E-state index contributed by atoms with van der Waals surface area (Å²) in [4.78, 5) is 6.05. The average molecular weight is 465 g/mol. The Labute approximate surface area is 202 Å².